The number of hydrogen-bond acceptors (Lipinski definition) is 8. The molecular weight excluding hydrogens is 478 g/mol. The molecule has 2 aromatic heterocycles. The highest BCUT2D eigenvalue weighted by Gasteiger charge is 2.22. The Labute approximate surface area is 201 Å². The number of fused-ring (bicyclic) bond motifs is 1. The molecule has 2 heterocycles. The Balaban J connectivity index is 1.64. The fourth-order valence-corrected chi connectivity index (χ4v) is 5.82. The van der Waals surface area contributed by atoms with Gasteiger partial charge in [0.2, 0.25) is 5.76 Å². The van der Waals surface area contributed by atoms with Crippen LogP contribution in [0.25, 0.3) is 22.1 Å². The van der Waals surface area contributed by atoms with Gasteiger partial charge in [-0.2, -0.15) is 0 Å². The molecule has 0 fully saturated rings. The summed E-state index contributed by atoms with van der Waals surface area (Å²) in [5, 5.41) is 2.37. The monoisotopic (exact) mass is 501 g/mol. The molecule has 0 saturated heterocycles. The molecule has 34 heavy (non-hydrogen) atoms. The lowest BCUT2D eigenvalue weighted by atomic mass is 10.1. The highest BCUT2D eigenvalue weighted by Crippen LogP contribution is 2.40. The van der Waals surface area contributed by atoms with Crippen molar-refractivity contribution < 1.29 is 31.8 Å². The predicted molar refractivity (Wildman–Crippen MR) is 131 cm³/mol. The first-order valence-electron chi connectivity index (χ1n) is 10.3. The molecule has 0 aliphatic rings. The Bertz CT molecular complexity index is 1470. The van der Waals surface area contributed by atoms with Crippen LogP contribution >= 0.6 is 11.3 Å². The van der Waals surface area contributed by atoms with Gasteiger partial charge < -0.3 is 18.6 Å². The van der Waals surface area contributed by atoms with E-state index in [1.807, 2.05) is 12.1 Å². The Hall–Kier alpha value is -3.50. The van der Waals surface area contributed by atoms with E-state index in [0.29, 0.717) is 39.3 Å². The summed E-state index contributed by atoms with van der Waals surface area (Å²) in [5.74, 6) is 0.627. The number of nitrogens with one attached hydrogen (secondary N) is 1. The van der Waals surface area contributed by atoms with Gasteiger partial charge in [-0.15, -0.1) is 11.3 Å². The number of carbonyl (C=O) groups excluding carboxylic acids is 1. The molecule has 0 radical (unpaired) electrons. The van der Waals surface area contributed by atoms with Crippen LogP contribution in [-0.2, 0) is 14.8 Å². The Kier molecular flexibility index (Phi) is 6.54. The minimum atomic E-state index is -3.86. The predicted octanol–water partition coefficient (Wildman–Crippen LogP) is 5.46. The molecule has 0 aliphatic carbocycles. The van der Waals surface area contributed by atoms with E-state index in [0.717, 1.165) is 16.9 Å². The fourth-order valence-electron chi connectivity index (χ4n) is 3.59. The average Bonchev–Trinajstić information content (AvgIpc) is 3.44. The molecule has 2 aromatic carbocycles. The van der Waals surface area contributed by atoms with Crippen molar-refractivity contribution in [2.24, 2.45) is 0 Å². The number of thiophene rings is 1. The quantitative estimate of drug-likeness (QED) is 0.320. The number of aryl methyl sites for hydroxylation is 1. The molecule has 4 aromatic rings. The van der Waals surface area contributed by atoms with E-state index in [-0.39, 0.29) is 16.6 Å². The van der Waals surface area contributed by atoms with Crippen molar-refractivity contribution in [2.45, 2.75) is 18.1 Å². The van der Waals surface area contributed by atoms with Gasteiger partial charge in [-0.3, -0.25) is 4.72 Å². The van der Waals surface area contributed by atoms with Crippen molar-refractivity contribution in [3.8, 4) is 22.6 Å². The molecular formula is C24H23NO7S2. The van der Waals surface area contributed by atoms with E-state index in [9.17, 15) is 13.2 Å². The standard InChI is InChI=1S/C24H23NO7S2/c1-5-31-24(26)22-14(2)18-12-16(9-10-19(18)32-22)25-34(27,28)21-11-15(13-33-21)17-7-6-8-20(29-3)23(17)30-4/h6-13,25H,5H2,1-4H3. The van der Waals surface area contributed by atoms with Gasteiger partial charge in [0.05, 0.1) is 20.8 Å². The smallest absolute Gasteiger partial charge is 0.374 e. The van der Waals surface area contributed by atoms with E-state index in [1.54, 1.807) is 56.7 Å². The van der Waals surface area contributed by atoms with Crippen molar-refractivity contribution >= 4 is 44.0 Å². The van der Waals surface area contributed by atoms with Crippen LogP contribution in [0.3, 0.4) is 0 Å². The fraction of sp³-hybridized carbons (Fsp3) is 0.208. The highest BCUT2D eigenvalue weighted by atomic mass is 32.2. The number of anilines is 1. The summed E-state index contributed by atoms with van der Waals surface area (Å²) in [7, 11) is -0.780. The summed E-state index contributed by atoms with van der Waals surface area (Å²) in [5.41, 5.74) is 2.81. The topological polar surface area (TPSA) is 104 Å². The SMILES string of the molecule is CCOC(=O)c1oc2ccc(NS(=O)(=O)c3cc(-c4cccc(OC)c4OC)cs3)cc2c1C. The maximum Gasteiger partial charge on any atom is 0.374 e. The van der Waals surface area contributed by atoms with Gasteiger partial charge >= 0.3 is 5.97 Å². The maximum absolute atomic E-state index is 13.1. The first kappa shape index (κ1) is 23.7. The minimum absolute atomic E-state index is 0.104. The molecule has 0 spiro atoms. The van der Waals surface area contributed by atoms with Crippen molar-refractivity contribution in [2.75, 3.05) is 25.5 Å². The highest BCUT2D eigenvalue weighted by molar-refractivity contribution is 7.94. The number of methoxy groups -OCH3 is 2. The van der Waals surface area contributed by atoms with Gasteiger partial charge in [0, 0.05) is 27.6 Å². The maximum atomic E-state index is 13.1. The van der Waals surface area contributed by atoms with E-state index in [4.69, 9.17) is 18.6 Å². The molecule has 1 N–H and O–H groups in total. The van der Waals surface area contributed by atoms with Crippen LogP contribution in [0.2, 0.25) is 0 Å². The molecule has 0 amide bonds. The van der Waals surface area contributed by atoms with Crippen LogP contribution < -0.4 is 14.2 Å². The van der Waals surface area contributed by atoms with Crippen molar-refractivity contribution in [3.63, 3.8) is 0 Å². The second-order valence-electron chi connectivity index (χ2n) is 7.29. The van der Waals surface area contributed by atoms with Crippen LogP contribution in [0.4, 0.5) is 5.69 Å². The molecule has 0 bridgehead atoms. The van der Waals surface area contributed by atoms with Gasteiger partial charge in [-0.25, -0.2) is 13.2 Å². The molecule has 0 saturated carbocycles. The van der Waals surface area contributed by atoms with Crippen molar-refractivity contribution in [3.05, 3.63) is 59.2 Å². The molecule has 0 unspecified atom stereocenters. The summed E-state index contributed by atoms with van der Waals surface area (Å²) in [6.45, 7) is 3.66. The summed E-state index contributed by atoms with van der Waals surface area (Å²) < 4.78 is 50.4. The normalized spacial score (nSPS) is 11.4. The zero-order valence-corrected chi connectivity index (χ0v) is 20.6. The molecule has 0 atom stereocenters. The Morgan fingerprint density at radius 1 is 1.12 bits per heavy atom. The number of para-hydroxylation sites is 1. The summed E-state index contributed by atoms with van der Waals surface area (Å²) in [4.78, 5) is 12.1. The Morgan fingerprint density at radius 2 is 1.91 bits per heavy atom. The lowest BCUT2D eigenvalue weighted by Gasteiger charge is -2.11. The van der Waals surface area contributed by atoms with Gasteiger partial charge in [0.1, 0.15) is 9.79 Å². The van der Waals surface area contributed by atoms with E-state index >= 15 is 0 Å². The molecule has 0 aliphatic heterocycles. The lowest BCUT2D eigenvalue weighted by molar-refractivity contribution is 0.0491. The minimum Gasteiger partial charge on any atom is -0.493 e. The Morgan fingerprint density at radius 3 is 2.62 bits per heavy atom. The lowest BCUT2D eigenvalue weighted by Crippen LogP contribution is -2.11. The molecule has 4 rings (SSSR count). The zero-order valence-electron chi connectivity index (χ0n) is 19.0. The second-order valence-corrected chi connectivity index (χ2v) is 10.1. The third kappa shape index (κ3) is 4.34. The second kappa shape index (κ2) is 9.40. The molecule has 178 valence electrons. The average molecular weight is 502 g/mol. The number of furan rings is 1. The van der Waals surface area contributed by atoms with Crippen LogP contribution in [0, 0.1) is 6.92 Å². The molecule has 8 nitrogen and oxygen atoms in total. The number of carbonyl (C=O) groups is 1. The van der Waals surface area contributed by atoms with E-state index in [1.165, 1.54) is 7.11 Å². The third-order valence-corrected chi connectivity index (χ3v) is 8.02. The van der Waals surface area contributed by atoms with Crippen LogP contribution in [0.15, 0.2) is 56.5 Å². The van der Waals surface area contributed by atoms with E-state index < -0.39 is 16.0 Å². The number of esters is 1. The summed E-state index contributed by atoms with van der Waals surface area (Å²) >= 11 is 1.10. The zero-order chi connectivity index (χ0) is 24.5. The number of sulfonamides is 1. The number of benzene rings is 2. The summed E-state index contributed by atoms with van der Waals surface area (Å²) in [6.07, 6.45) is 0. The van der Waals surface area contributed by atoms with Crippen LogP contribution in [-0.4, -0.2) is 35.2 Å². The molecule has 10 heteroatoms. The van der Waals surface area contributed by atoms with Gasteiger partial charge in [-0.05, 0) is 49.7 Å². The van der Waals surface area contributed by atoms with Crippen LogP contribution in [0.1, 0.15) is 23.0 Å². The van der Waals surface area contributed by atoms with Crippen molar-refractivity contribution in [1.29, 1.82) is 0 Å². The number of hydrogen-bond donors (Lipinski definition) is 1. The third-order valence-electron chi connectivity index (χ3n) is 5.20. The summed E-state index contributed by atoms with van der Waals surface area (Å²) in [6, 6.07) is 11.8. The first-order chi connectivity index (χ1) is 16.3. The largest absolute Gasteiger partial charge is 0.493 e. The van der Waals surface area contributed by atoms with E-state index in [2.05, 4.69) is 4.72 Å². The van der Waals surface area contributed by atoms with Gasteiger partial charge in [0.15, 0.2) is 11.5 Å². The van der Waals surface area contributed by atoms with Gasteiger partial charge in [-0.1, -0.05) is 12.1 Å². The van der Waals surface area contributed by atoms with Crippen LogP contribution in [0.5, 0.6) is 11.5 Å². The number of rotatable bonds is 8. The first-order valence-corrected chi connectivity index (χ1v) is 12.7. The van der Waals surface area contributed by atoms with Crippen molar-refractivity contribution in [1.82, 2.24) is 0 Å². The number of ether oxygens (including phenoxy) is 3. The van der Waals surface area contributed by atoms with Gasteiger partial charge in [0.25, 0.3) is 10.0 Å².